The minimum atomic E-state index is -0.0801. The van der Waals surface area contributed by atoms with E-state index in [0.29, 0.717) is 21.9 Å². The summed E-state index contributed by atoms with van der Waals surface area (Å²) >= 11 is 1.35. The lowest BCUT2D eigenvalue weighted by Crippen LogP contribution is -2.21. The van der Waals surface area contributed by atoms with Crippen LogP contribution < -0.4 is 4.74 Å². The Hall–Kier alpha value is -3.15. The summed E-state index contributed by atoms with van der Waals surface area (Å²) in [7, 11) is 0. The summed E-state index contributed by atoms with van der Waals surface area (Å²) in [5, 5.41) is 10.7. The fraction of sp³-hybridized carbons (Fsp3) is 0.222. The monoisotopic (exact) mass is 443 g/mol. The SMILES string of the molecule is O=C(c1ccccc1)c1sc2cc(O)ccc2c1Oc1ccc(CCN2CCCC2)cc1. The second-order valence-corrected chi connectivity index (χ2v) is 9.23. The van der Waals surface area contributed by atoms with Crippen LogP contribution in [0.5, 0.6) is 17.2 Å². The van der Waals surface area contributed by atoms with E-state index in [1.54, 1.807) is 12.1 Å². The maximum atomic E-state index is 13.2. The molecule has 0 bridgehead atoms. The lowest BCUT2D eigenvalue weighted by atomic mass is 10.1. The number of likely N-dealkylation sites (tertiary alicyclic amines) is 1. The number of ether oxygens (including phenoxy) is 1. The Morgan fingerprint density at radius 2 is 1.72 bits per heavy atom. The number of ketones is 1. The molecule has 2 heterocycles. The largest absolute Gasteiger partial charge is 0.508 e. The molecule has 0 atom stereocenters. The molecule has 5 rings (SSSR count). The Bertz CT molecular complexity index is 1230. The molecule has 1 aliphatic heterocycles. The van der Waals surface area contributed by atoms with Crippen molar-refractivity contribution in [2.45, 2.75) is 19.3 Å². The molecule has 1 aromatic heterocycles. The standard InChI is InChI=1S/C27H25NO3S/c29-21-10-13-23-24(18-21)32-27(25(30)20-6-2-1-3-7-20)26(23)31-22-11-8-19(9-12-22)14-17-28-15-4-5-16-28/h1-3,6-13,18,29H,4-5,14-17H2. The van der Waals surface area contributed by atoms with Crippen molar-refractivity contribution in [3.05, 3.63) is 88.8 Å². The van der Waals surface area contributed by atoms with Gasteiger partial charge in [0.15, 0.2) is 5.75 Å². The quantitative estimate of drug-likeness (QED) is 0.342. The summed E-state index contributed by atoms with van der Waals surface area (Å²) in [5.74, 6) is 1.34. The van der Waals surface area contributed by atoms with Crippen LogP contribution >= 0.6 is 11.3 Å². The molecule has 0 amide bonds. The normalized spacial score (nSPS) is 14.1. The maximum absolute atomic E-state index is 13.2. The highest BCUT2D eigenvalue weighted by Gasteiger charge is 2.22. The van der Waals surface area contributed by atoms with E-state index in [4.69, 9.17) is 4.74 Å². The average molecular weight is 444 g/mol. The summed E-state index contributed by atoms with van der Waals surface area (Å²) in [6.07, 6.45) is 3.64. The third-order valence-corrected chi connectivity index (χ3v) is 7.06. The van der Waals surface area contributed by atoms with E-state index in [0.717, 1.165) is 23.1 Å². The molecular weight excluding hydrogens is 418 g/mol. The van der Waals surface area contributed by atoms with Gasteiger partial charge < -0.3 is 14.7 Å². The van der Waals surface area contributed by atoms with Gasteiger partial charge >= 0.3 is 0 Å². The molecular formula is C27H25NO3S. The Morgan fingerprint density at radius 1 is 0.969 bits per heavy atom. The van der Waals surface area contributed by atoms with Gasteiger partial charge in [-0.05, 0) is 68.2 Å². The Morgan fingerprint density at radius 3 is 2.47 bits per heavy atom. The van der Waals surface area contributed by atoms with Crippen molar-refractivity contribution in [3.63, 3.8) is 0 Å². The topological polar surface area (TPSA) is 49.8 Å². The smallest absolute Gasteiger partial charge is 0.206 e. The van der Waals surface area contributed by atoms with Crippen molar-refractivity contribution in [2.24, 2.45) is 0 Å². The van der Waals surface area contributed by atoms with Gasteiger partial charge in [0.25, 0.3) is 0 Å². The number of thiophene rings is 1. The fourth-order valence-electron chi connectivity index (χ4n) is 4.17. The van der Waals surface area contributed by atoms with E-state index in [1.165, 1.54) is 42.8 Å². The van der Waals surface area contributed by atoms with E-state index < -0.39 is 0 Å². The van der Waals surface area contributed by atoms with Crippen LogP contribution in [0, 0.1) is 0 Å². The number of phenols is 1. The molecule has 3 aromatic carbocycles. The lowest BCUT2D eigenvalue weighted by molar-refractivity contribution is 0.104. The highest BCUT2D eigenvalue weighted by Crippen LogP contribution is 2.42. The van der Waals surface area contributed by atoms with Gasteiger partial charge in [0.2, 0.25) is 5.78 Å². The van der Waals surface area contributed by atoms with Gasteiger partial charge in [-0.2, -0.15) is 0 Å². The van der Waals surface area contributed by atoms with Crippen LogP contribution in [0.4, 0.5) is 0 Å². The zero-order valence-corrected chi connectivity index (χ0v) is 18.6. The van der Waals surface area contributed by atoms with Gasteiger partial charge in [-0.1, -0.05) is 42.5 Å². The highest BCUT2D eigenvalue weighted by atomic mass is 32.1. The van der Waals surface area contributed by atoms with Gasteiger partial charge in [-0.25, -0.2) is 0 Å². The number of aromatic hydroxyl groups is 1. The number of hydrogen-bond donors (Lipinski definition) is 1. The molecule has 0 unspecified atom stereocenters. The lowest BCUT2D eigenvalue weighted by Gasteiger charge is -2.14. The number of phenolic OH excluding ortho intramolecular Hbond substituents is 1. The first kappa shape index (κ1) is 20.7. The van der Waals surface area contributed by atoms with Crippen molar-refractivity contribution in [2.75, 3.05) is 19.6 Å². The van der Waals surface area contributed by atoms with Crippen molar-refractivity contribution < 1.29 is 14.6 Å². The van der Waals surface area contributed by atoms with Crippen LogP contribution in [0.2, 0.25) is 0 Å². The highest BCUT2D eigenvalue weighted by molar-refractivity contribution is 7.21. The van der Waals surface area contributed by atoms with Crippen LogP contribution in [-0.2, 0) is 6.42 Å². The predicted octanol–water partition coefficient (Wildman–Crippen LogP) is 6.27. The third kappa shape index (κ3) is 4.40. The van der Waals surface area contributed by atoms with Crippen LogP contribution in [0.25, 0.3) is 10.1 Å². The van der Waals surface area contributed by atoms with E-state index in [9.17, 15) is 9.90 Å². The van der Waals surface area contributed by atoms with E-state index >= 15 is 0 Å². The first-order valence-electron chi connectivity index (χ1n) is 11.0. The number of carbonyl (C=O) groups excluding carboxylic acids is 1. The molecule has 0 radical (unpaired) electrons. The molecule has 32 heavy (non-hydrogen) atoms. The van der Waals surface area contributed by atoms with Gasteiger partial charge in [-0.15, -0.1) is 11.3 Å². The average Bonchev–Trinajstić information content (AvgIpc) is 3.47. The van der Waals surface area contributed by atoms with Crippen molar-refractivity contribution in [1.29, 1.82) is 0 Å². The summed E-state index contributed by atoms with van der Waals surface area (Å²) in [5.41, 5.74) is 1.90. The summed E-state index contributed by atoms with van der Waals surface area (Å²) in [6.45, 7) is 3.51. The van der Waals surface area contributed by atoms with Crippen LogP contribution in [0.15, 0.2) is 72.8 Å². The Kier molecular flexibility index (Phi) is 5.93. The summed E-state index contributed by atoms with van der Waals surface area (Å²) in [4.78, 5) is 16.3. The third-order valence-electron chi connectivity index (χ3n) is 5.93. The number of carbonyl (C=O) groups is 1. The van der Waals surface area contributed by atoms with Crippen LogP contribution in [-0.4, -0.2) is 35.4 Å². The summed E-state index contributed by atoms with van der Waals surface area (Å²) < 4.78 is 7.10. The first-order chi connectivity index (χ1) is 15.7. The van der Waals surface area contributed by atoms with Crippen LogP contribution in [0.1, 0.15) is 33.6 Å². The molecule has 1 fully saturated rings. The second-order valence-electron chi connectivity index (χ2n) is 8.18. The predicted molar refractivity (Wildman–Crippen MR) is 129 cm³/mol. The Balaban J connectivity index is 1.42. The van der Waals surface area contributed by atoms with E-state index in [2.05, 4.69) is 17.0 Å². The Labute approximate surface area is 191 Å². The molecule has 4 aromatic rings. The molecule has 1 N–H and O–H groups in total. The molecule has 1 aliphatic rings. The molecule has 0 aliphatic carbocycles. The molecule has 0 saturated carbocycles. The van der Waals surface area contributed by atoms with Gasteiger partial charge in [0, 0.05) is 22.2 Å². The molecule has 5 heteroatoms. The minimum absolute atomic E-state index is 0.0801. The molecule has 162 valence electrons. The second kappa shape index (κ2) is 9.15. The molecule has 4 nitrogen and oxygen atoms in total. The van der Waals surface area contributed by atoms with E-state index in [-0.39, 0.29) is 11.5 Å². The van der Waals surface area contributed by atoms with Gasteiger partial charge in [0.1, 0.15) is 16.4 Å². The number of rotatable bonds is 7. The van der Waals surface area contributed by atoms with Gasteiger partial charge in [0.05, 0.1) is 0 Å². The first-order valence-corrected chi connectivity index (χ1v) is 11.8. The number of fused-ring (bicyclic) bond motifs is 1. The zero-order valence-electron chi connectivity index (χ0n) is 17.8. The van der Waals surface area contributed by atoms with Crippen molar-refractivity contribution >= 4 is 27.2 Å². The van der Waals surface area contributed by atoms with Crippen LogP contribution in [0.3, 0.4) is 0 Å². The summed E-state index contributed by atoms with van der Waals surface area (Å²) in [6, 6.07) is 22.5. The zero-order chi connectivity index (χ0) is 21.9. The van der Waals surface area contributed by atoms with Crippen molar-refractivity contribution in [3.8, 4) is 17.2 Å². The number of nitrogens with zero attached hydrogens (tertiary/aromatic N) is 1. The van der Waals surface area contributed by atoms with E-state index in [1.807, 2.05) is 48.5 Å². The molecule has 0 spiro atoms. The molecule has 1 saturated heterocycles. The number of benzene rings is 3. The van der Waals surface area contributed by atoms with Gasteiger partial charge in [-0.3, -0.25) is 4.79 Å². The number of hydrogen-bond acceptors (Lipinski definition) is 5. The van der Waals surface area contributed by atoms with Crippen molar-refractivity contribution in [1.82, 2.24) is 4.90 Å². The maximum Gasteiger partial charge on any atom is 0.206 e. The fourth-order valence-corrected chi connectivity index (χ4v) is 5.29. The minimum Gasteiger partial charge on any atom is -0.508 e.